The third-order valence-corrected chi connectivity index (χ3v) is 6.25. The minimum absolute atomic E-state index is 0.0234. The number of hydrogen-bond acceptors (Lipinski definition) is 8. The Balaban J connectivity index is 1.97. The smallest absolute Gasteiger partial charge is 0.255 e. The summed E-state index contributed by atoms with van der Waals surface area (Å²) in [7, 11) is 3.16. The van der Waals surface area contributed by atoms with Crippen LogP contribution in [0.25, 0.3) is 5.76 Å². The van der Waals surface area contributed by atoms with Gasteiger partial charge in [-0.1, -0.05) is 0 Å². The van der Waals surface area contributed by atoms with Gasteiger partial charge in [0.1, 0.15) is 17.1 Å². The summed E-state index contributed by atoms with van der Waals surface area (Å²) in [6, 6.07) is 0.524. The zero-order valence-electron chi connectivity index (χ0n) is 15.9. The number of nitrogens with zero attached hydrogens (tertiary/aromatic N) is 2. The molecule has 1 fully saturated rings. The van der Waals surface area contributed by atoms with E-state index in [0.29, 0.717) is 12.0 Å². The van der Waals surface area contributed by atoms with Crippen molar-refractivity contribution in [2.45, 2.75) is 24.5 Å². The first-order valence-corrected chi connectivity index (χ1v) is 9.18. The van der Waals surface area contributed by atoms with Crippen molar-refractivity contribution < 1.29 is 29.7 Å². The molecule has 4 atom stereocenters. The van der Waals surface area contributed by atoms with Gasteiger partial charge in [0.2, 0.25) is 5.78 Å². The Morgan fingerprint density at radius 2 is 2.00 bits per heavy atom. The van der Waals surface area contributed by atoms with Crippen LogP contribution in [0.2, 0.25) is 0 Å². The van der Waals surface area contributed by atoms with Crippen molar-refractivity contribution in [3.63, 3.8) is 0 Å². The zero-order chi connectivity index (χ0) is 21.2. The molecule has 1 saturated carbocycles. The van der Waals surface area contributed by atoms with Crippen molar-refractivity contribution in [2.75, 3.05) is 14.1 Å². The number of rotatable bonds is 2. The molecule has 0 aromatic carbocycles. The van der Waals surface area contributed by atoms with Crippen molar-refractivity contribution in [3.05, 3.63) is 46.5 Å². The lowest BCUT2D eigenvalue weighted by Gasteiger charge is -2.50. The molecule has 9 nitrogen and oxygen atoms in total. The highest BCUT2D eigenvalue weighted by molar-refractivity contribution is 6.24. The highest BCUT2D eigenvalue weighted by Gasteiger charge is 2.64. The Labute approximate surface area is 166 Å². The highest BCUT2D eigenvalue weighted by Crippen LogP contribution is 2.51. The van der Waals surface area contributed by atoms with E-state index in [4.69, 9.17) is 5.73 Å². The second kappa shape index (κ2) is 6.23. The van der Waals surface area contributed by atoms with E-state index in [1.54, 1.807) is 26.4 Å². The largest absolute Gasteiger partial charge is 0.508 e. The topological polar surface area (TPSA) is 154 Å². The fraction of sp³-hybridized carbons (Fsp3) is 0.400. The summed E-state index contributed by atoms with van der Waals surface area (Å²) in [6.45, 7) is 0. The quantitative estimate of drug-likeness (QED) is 0.492. The maximum absolute atomic E-state index is 13.4. The van der Waals surface area contributed by atoms with E-state index in [9.17, 15) is 29.7 Å². The molecule has 3 aliphatic carbocycles. The van der Waals surface area contributed by atoms with Crippen LogP contribution in [0.4, 0.5) is 0 Å². The van der Waals surface area contributed by atoms with Crippen LogP contribution >= 0.6 is 0 Å². The number of pyridine rings is 1. The number of primary amides is 1. The Morgan fingerprint density at radius 3 is 2.62 bits per heavy atom. The number of aliphatic hydroxyl groups excluding tert-OH is 2. The minimum atomic E-state index is -2.53. The molecule has 0 radical (unpaired) electrons. The van der Waals surface area contributed by atoms with Gasteiger partial charge in [0.05, 0.1) is 6.04 Å². The molecule has 5 N–H and O–H groups in total. The van der Waals surface area contributed by atoms with Crippen molar-refractivity contribution in [3.8, 4) is 0 Å². The summed E-state index contributed by atoms with van der Waals surface area (Å²) in [4.78, 5) is 43.7. The van der Waals surface area contributed by atoms with E-state index in [1.165, 1.54) is 11.1 Å². The average molecular weight is 399 g/mol. The molecule has 3 aliphatic rings. The average Bonchev–Trinajstić information content (AvgIpc) is 2.64. The zero-order valence-corrected chi connectivity index (χ0v) is 15.9. The monoisotopic (exact) mass is 399 g/mol. The number of aliphatic hydroxyl groups is 3. The summed E-state index contributed by atoms with van der Waals surface area (Å²) in [6.07, 6.45) is 3.61. The number of Topliss-reactive ketones (excluding diaryl/α,β-unsaturated/α-hetero) is 2. The van der Waals surface area contributed by atoms with E-state index in [1.807, 2.05) is 0 Å². The van der Waals surface area contributed by atoms with Crippen LogP contribution in [-0.2, 0) is 20.8 Å². The van der Waals surface area contributed by atoms with E-state index >= 15 is 0 Å². The molecule has 1 heterocycles. The van der Waals surface area contributed by atoms with Crippen molar-refractivity contribution in [1.82, 2.24) is 9.88 Å². The van der Waals surface area contributed by atoms with Crippen LogP contribution in [0.5, 0.6) is 0 Å². The van der Waals surface area contributed by atoms with Gasteiger partial charge in [0.15, 0.2) is 11.4 Å². The van der Waals surface area contributed by atoms with Gasteiger partial charge in [-0.15, -0.1) is 0 Å². The van der Waals surface area contributed by atoms with Crippen LogP contribution in [-0.4, -0.2) is 68.4 Å². The third kappa shape index (κ3) is 2.41. The van der Waals surface area contributed by atoms with Gasteiger partial charge in [-0.05, 0) is 44.5 Å². The Hall–Kier alpha value is -3.04. The fourth-order valence-electron chi connectivity index (χ4n) is 4.98. The Kier molecular flexibility index (Phi) is 4.14. The predicted molar refractivity (Wildman–Crippen MR) is 100 cm³/mol. The molecule has 0 unspecified atom stereocenters. The summed E-state index contributed by atoms with van der Waals surface area (Å²) < 4.78 is 0. The first-order valence-electron chi connectivity index (χ1n) is 9.18. The van der Waals surface area contributed by atoms with E-state index in [-0.39, 0.29) is 17.8 Å². The second-order valence-corrected chi connectivity index (χ2v) is 7.99. The summed E-state index contributed by atoms with van der Waals surface area (Å²) in [5, 5.41) is 32.8. The number of aromatic nitrogens is 1. The Bertz CT molecular complexity index is 1030. The lowest BCUT2D eigenvalue weighted by Crippen LogP contribution is -2.65. The molecule has 9 heteroatoms. The SMILES string of the molecule is CN(C)[C@@H]1C(=O)C(C(N)=O)=C(O)[C@@]2(O)C(=O)C3=C(O)c4ccncc4C[C@H]3C[C@@H]12. The van der Waals surface area contributed by atoms with Gasteiger partial charge in [-0.25, -0.2) is 0 Å². The number of carbonyl (C=O) groups excluding carboxylic acids is 3. The van der Waals surface area contributed by atoms with Crippen LogP contribution in [0.1, 0.15) is 17.5 Å². The first-order chi connectivity index (χ1) is 13.6. The Morgan fingerprint density at radius 1 is 1.31 bits per heavy atom. The predicted octanol–water partition coefficient (Wildman–Crippen LogP) is -0.347. The molecule has 0 aliphatic heterocycles. The molecule has 1 amide bonds. The number of hydrogen-bond donors (Lipinski definition) is 4. The van der Waals surface area contributed by atoms with Gasteiger partial charge in [0, 0.05) is 29.4 Å². The molecule has 0 bridgehead atoms. The number of carbonyl (C=O) groups is 3. The summed E-state index contributed by atoms with van der Waals surface area (Å²) >= 11 is 0. The van der Waals surface area contributed by atoms with Gasteiger partial charge >= 0.3 is 0 Å². The first kappa shape index (κ1) is 19.3. The summed E-state index contributed by atoms with van der Waals surface area (Å²) in [5.74, 6) is -5.70. The van der Waals surface area contributed by atoms with E-state index in [0.717, 1.165) is 5.56 Å². The summed E-state index contributed by atoms with van der Waals surface area (Å²) in [5.41, 5.74) is 3.11. The highest BCUT2D eigenvalue weighted by atomic mass is 16.3. The van der Waals surface area contributed by atoms with Crippen LogP contribution in [0.3, 0.4) is 0 Å². The maximum Gasteiger partial charge on any atom is 0.255 e. The van der Waals surface area contributed by atoms with E-state index in [2.05, 4.69) is 4.98 Å². The van der Waals surface area contributed by atoms with Crippen molar-refractivity contribution in [1.29, 1.82) is 0 Å². The fourth-order valence-corrected chi connectivity index (χ4v) is 4.98. The lowest BCUT2D eigenvalue weighted by atomic mass is 9.57. The van der Waals surface area contributed by atoms with Gasteiger partial charge in [-0.2, -0.15) is 0 Å². The maximum atomic E-state index is 13.4. The number of ketones is 2. The number of nitrogens with two attached hydrogens (primary N) is 1. The normalized spacial score (nSPS) is 31.5. The molecule has 29 heavy (non-hydrogen) atoms. The minimum Gasteiger partial charge on any atom is -0.508 e. The van der Waals surface area contributed by atoms with Crippen LogP contribution in [0, 0.1) is 11.8 Å². The van der Waals surface area contributed by atoms with Crippen molar-refractivity contribution >= 4 is 23.2 Å². The van der Waals surface area contributed by atoms with Crippen molar-refractivity contribution in [2.24, 2.45) is 17.6 Å². The van der Waals surface area contributed by atoms with E-state index < -0.39 is 52.3 Å². The molecule has 1 aromatic heterocycles. The van der Waals surface area contributed by atoms with Crippen LogP contribution in [0.15, 0.2) is 35.4 Å². The lowest BCUT2D eigenvalue weighted by molar-refractivity contribution is -0.153. The number of amides is 1. The van der Waals surface area contributed by atoms with Gasteiger partial charge in [0.25, 0.3) is 5.91 Å². The molecule has 1 aromatic rings. The molecular formula is C20H21N3O6. The molecule has 0 spiro atoms. The van der Waals surface area contributed by atoms with Gasteiger partial charge in [-0.3, -0.25) is 24.3 Å². The van der Waals surface area contributed by atoms with Crippen LogP contribution < -0.4 is 5.73 Å². The van der Waals surface area contributed by atoms with Gasteiger partial charge < -0.3 is 21.1 Å². The molecule has 0 saturated heterocycles. The molecule has 152 valence electrons. The standard InChI is InChI=1S/C20H21N3O6/c1-23(2)14-11-6-8-5-9-7-22-4-3-10(9)15(24)12(8)17(26)20(11,29)18(27)13(16(14)25)19(21)28/h3-4,7-8,11,14,24,27,29H,5-6H2,1-2H3,(H2,21,28)/t8-,11-,14-,20-/m0/s1. The molecule has 4 rings (SSSR count). The second-order valence-electron chi connectivity index (χ2n) is 7.99. The third-order valence-electron chi connectivity index (χ3n) is 6.25. The number of fused-ring (bicyclic) bond motifs is 3. The number of likely N-dealkylation sites (N-methyl/N-ethyl adjacent to an activating group) is 1. The molecular weight excluding hydrogens is 378 g/mol.